The molecule has 0 spiro atoms. The van der Waals surface area contributed by atoms with Gasteiger partial charge in [-0.05, 0) is 37.0 Å². The molecular weight excluding hydrogens is 214 g/mol. The lowest BCUT2D eigenvalue weighted by atomic mass is 9.82. The van der Waals surface area contributed by atoms with Crippen molar-refractivity contribution in [3.63, 3.8) is 0 Å². The van der Waals surface area contributed by atoms with Crippen molar-refractivity contribution < 1.29 is 9.53 Å². The van der Waals surface area contributed by atoms with Crippen LogP contribution in [0.2, 0.25) is 0 Å². The molecule has 0 amide bonds. The van der Waals surface area contributed by atoms with Gasteiger partial charge < -0.3 is 10.9 Å². The van der Waals surface area contributed by atoms with E-state index in [1.54, 1.807) is 0 Å². The molecule has 0 aromatic rings. The lowest BCUT2D eigenvalue weighted by Gasteiger charge is -2.24. The van der Waals surface area contributed by atoms with Crippen molar-refractivity contribution in [1.82, 2.24) is 6.15 Å². The molecule has 3 N–H and O–H groups in total. The molecule has 0 fully saturated rings. The Hall–Kier alpha value is -0.830. The van der Waals surface area contributed by atoms with Gasteiger partial charge in [0.25, 0.3) is 0 Å². The largest absolute Gasteiger partial charge is 0.463 e. The molecule has 3 nitrogen and oxygen atoms in total. The summed E-state index contributed by atoms with van der Waals surface area (Å²) in [6.07, 6.45) is 4.52. The average Bonchev–Trinajstić information content (AvgIpc) is 2.21. The maximum Gasteiger partial charge on any atom is 0.330 e. The van der Waals surface area contributed by atoms with Gasteiger partial charge >= 0.3 is 5.97 Å². The molecule has 0 aliphatic heterocycles. The molecule has 0 unspecified atom stereocenters. The standard InChI is InChI=1S/C14H26O2.H3N/c1-6-14(15)16-10-8-7-9-13(11(2)3)12(4)5;/h6,11-13H,1,7-10H2,2-5H3;1H3. The highest BCUT2D eigenvalue weighted by Crippen LogP contribution is 2.25. The lowest BCUT2D eigenvalue weighted by molar-refractivity contribution is -0.137. The van der Waals surface area contributed by atoms with Crippen LogP contribution in [0.4, 0.5) is 0 Å². The van der Waals surface area contributed by atoms with Gasteiger partial charge in [0, 0.05) is 6.08 Å². The highest BCUT2D eigenvalue weighted by molar-refractivity contribution is 5.81. The smallest absolute Gasteiger partial charge is 0.330 e. The van der Waals surface area contributed by atoms with E-state index in [-0.39, 0.29) is 12.1 Å². The molecule has 0 aromatic heterocycles. The summed E-state index contributed by atoms with van der Waals surface area (Å²) in [4.78, 5) is 10.8. The van der Waals surface area contributed by atoms with Crippen LogP contribution in [0.3, 0.4) is 0 Å². The third-order valence-electron chi connectivity index (χ3n) is 3.06. The topological polar surface area (TPSA) is 61.3 Å². The Labute approximate surface area is 106 Å². The average molecular weight is 243 g/mol. The summed E-state index contributed by atoms with van der Waals surface area (Å²) in [6.45, 7) is 13.0. The Kier molecular flexibility index (Phi) is 11.3. The van der Waals surface area contributed by atoms with Gasteiger partial charge in [-0.1, -0.05) is 34.3 Å². The Morgan fingerprint density at radius 2 is 1.71 bits per heavy atom. The quantitative estimate of drug-likeness (QED) is 0.398. The number of unbranched alkanes of at least 4 members (excludes halogenated alkanes) is 1. The molecule has 102 valence electrons. The second-order valence-electron chi connectivity index (χ2n) is 5.02. The van der Waals surface area contributed by atoms with Gasteiger partial charge in [0.2, 0.25) is 0 Å². The molecule has 0 aromatic carbocycles. The number of esters is 1. The van der Waals surface area contributed by atoms with E-state index in [0.717, 1.165) is 30.6 Å². The maximum absolute atomic E-state index is 10.8. The molecule has 0 heterocycles. The Morgan fingerprint density at radius 3 is 2.12 bits per heavy atom. The van der Waals surface area contributed by atoms with Gasteiger partial charge in [-0.25, -0.2) is 4.79 Å². The van der Waals surface area contributed by atoms with Gasteiger partial charge in [-0.2, -0.15) is 0 Å². The predicted octanol–water partition coefficient (Wildman–Crippen LogP) is 3.98. The summed E-state index contributed by atoms with van der Waals surface area (Å²) in [5.74, 6) is 1.92. The molecule has 0 saturated heterocycles. The summed E-state index contributed by atoms with van der Waals surface area (Å²) in [5.41, 5.74) is 0. The fourth-order valence-corrected chi connectivity index (χ4v) is 2.15. The molecule has 0 bridgehead atoms. The van der Waals surface area contributed by atoms with E-state index in [0.29, 0.717) is 6.61 Å². The van der Waals surface area contributed by atoms with Crippen LogP contribution in [0, 0.1) is 17.8 Å². The minimum absolute atomic E-state index is 0. The fourth-order valence-electron chi connectivity index (χ4n) is 2.15. The second-order valence-corrected chi connectivity index (χ2v) is 5.02. The molecule has 0 rings (SSSR count). The summed E-state index contributed by atoms with van der Waals surface area (Å²) in [6, 6.07) is 0. The second kappa shape index (κ2) is 10.3. The van der Waals surface area contributed by atoms with Gasteiger partial charge in [-0.15, -0.1) is 0 Å². The molecule has 0 aliphatic rings. The minimum Gasteiger partial charge on any atom is -0.463 e. The fraction of sp³-hybridized carbons (Fsp3) is 0.786. The normalized spacial score (nSPS) is 10.5. The van der Waals surface area contributed by atoms with Crippen molar-refractivity contribution in [1.29, 1.82) is 0 Å². The number of hydrogen-bond donors (Lipinski definition) is 1. The third-order valence-corrected chi connectivity index (χ3v) is 3.06. The van der Waals surface area contributed by atoms with Gasteiger partial charge in [0.05, 0.1) is 6.61 Å². The molecule has 17 heavy (non-hydrogen) atoms. The first-order valence-corrected chi connectivity index (χ1v) is 6.28. The zero-order valence-electron chi connectivity index (χ0n) is 11.9. The van der Waals surface area contributed by atoms with E-state index in [9.17, 15) is 4.79 Å². The van der Waals surface area contributed by atoms with E-state index < -0.39 is 0 Å². The molecule has 0 atom stereocenters. The van der Waals surface area contributed by atoms with Crippen LogP contribution in [0.15, 0.2) is 12.7 Å². The Bertz CT molecular complexity index is 204. The van der Waals surface area contributed by atoms with Crippen molar-refractivity contribution in [2.24, 2.45) is 17.8 Å². The van der Waals surface area contributed by atoms with E-state index in [4.69, 9.17) is 4.74 Å². The van der Waals surface area contributed by atoms with Crippen molar-refractivity contribution >= 4 is 5.97 Å². The van der Waals surface area contributed by atoms with Crippen LogP contribution in [-0.2, 0) is 9.53 Å². The van der Waals surface area contributed by atoms with Crippen molar-refractivity contribution in [2.75, 3.05) is 6.61 Å². The summed E-state index contributed by atoms with van der Waals surface area (Å²) in [5, 5.41) is 0. The van der Waals surface area contributed by atoms with Crippen LogP contribution in [0.5, 0.6) is 0 Å². The number of ether oxygens (including phenoxy) is 1. The Morgan fingerprint density at radius 1 is 1.18 bits per heavy atom. The highest BCUT2D eigenvalue weighted by Gasteiger charge is 2.16. The Balaban J connectivity index is 0. The van der Waals surface area contributed by atoms with Crippen LogP contribution in [-0.4, -0.2) is 12.6 Å². The highest BCUT2D eigenvalue weighted by atomic mass is 16.5. The van der Waals surface area contributed by atoms with E-state index >= 15 is 0 Å². The summed E-state index contributed by atoms with van der Waals surface area (Å²) >= 11 is 0. The first kappa shape index (κ1) is 18.5. The summed E-state index contributed by atoms with van der Waals surface area (Å²) < 4.78 is 4.94. The van der Waals surface area contributed by atoms with Crippen LogP contribution in [0.1, 0.15) is 47.0 Å². The van der Waals surface area contributed by atoms with Crippen LogP contribution in [0.25, 0.3) is 0 Å². The van der Waals surface area contributed by atoms with Crippen LogP contribution < -0.4 is 6.15 Å². The SMILES string of the molecule is C=CC(=O)OCCCCC(C(C)C)C(C)C.N. The predicted molar refractivity (Wildman–Crippen MR) is 73.2 cm³/mol. The third kappa shape index (κ3) is 8.93. The van der Waals surface area contributed by atoms with Crippen LogP contribution >= 0.6 is 0 Å². The zero-order valence-corrected chi connectivity index (χ0v) is 11.9. The van der Waals surface area contributed by atoms with Crippen molar-refractivity contribution in [3.05, 3.63) is 12.7 Å². The number of rotatable bonds is 8. The summed E-state index contributed by atoms with van der Waals surface area (Å²) in [7, 11) is 0. The molecule has 0 radical (unpaired) electrons. The molecular formula is C14H29NO2. The number of hydrogen-bond acceptors (Lipinski definition) is 3. The van der Waals surface area contributed by atoms with E-state index in [1.165, 1.54) is 12.5 Å². The molecule has 3 heteroatoms. The first-order chi connectivity index (χ1) is 7.49. The van der Waals surface area contributed by atoms with Gasteiger partial charge in [-0.3, -0.25) is 0 Å². The molecule has 0 aliphatic carbocycles. The molecule has 0 saturated carbocycles. The maximum atomic E-state index is 10.8. The zero-order chi connectivity index (χ0) is 12.6. The van der Waals surface area contributed by atoms with Gasteiger partial charge in [0.1, 0.15) is 0 Å². The van der Waals surface area contributed by atoms with Gasteiger partial charge in [0.15, 0.2) is 0 Å². The number of carbonyl (C=O) groups is 1. The van der Waals surface area contributed by atoms with Crippen molar-refractivity contribution in [2.45, 2.75) is 47.0 Å². The van der Waals surface area contributed by atoms with E-state index in [2.05, 4.69) is 34.3 Å². The monoisotopic (exact) mass is 243 g/mol. The minimum atomic E-state index is -0.315. The number of carbonyl (C=O) groups excluding carboxylic acids is 1. The first-order valence-electron chi connectivity index (χ1n) is 6.28. The van der Waals surface area contributed by atoms with Crippen molar-refractivity contribution in [3.8, 4) is 0 Å². The van der Waals surface area contributed by atoms with E-state index in [1.807, 2.05) is 0 Å². The lowest BCUT2D eigenvalue weighted by Crippen LogP contribution is -2.15.